The van der Waals surface area contributed by atoms with Crippen LogP contribution >= 0.6 is 46.4 Å². The second kappa shape index (κ2) is 9.74. The predicted octanol–water partition coefficient (Wildman–Crippen LogP) is 6.94. The van der Waals surface area contributed by atoms with Crippen molar-refractivity contribution >= 4 is 52.2 Å². The van der Waals surface area contributed by atoms with E-state index in [0.29, 0.717) is 37.6 Å². The molecule has 0 unspecified atom stereocenters. The summed E-state index contributed by atoms with van der Waals surface area (Å²) in [5.74, 6) is -0.696. The smallest absolute Gasteiger partial charge is 0.151 e. The highest BCUT2D eigenvalue weighted by Gasteiger charge is 2.72. The summed E-state index contributed by atoms with van der Waals surface area (Å²) in [5, 5.41) is 13.8. The van der Waals surface area contributed by atoms with Gasteiger partial charge in [0.1, 0.15) is 0 Å². The van der Waals surface area contributed by atoms with Crippen LogP contribution in [0, 0.1) is 16.7 Å². The first-order chi connectivity index (χ1) is 16.0. The van der Waals surface area contributed by atoms with Crippen LogP contribution in [0.15, 0.2) is 48.6 Å². The van der Waals surface area contributed by atoms with E-state index in [0.717, 1.165) is 0 Å². The van der Waals surface area contributed by atoms with Crippen LogP contribution in [0.1, 0.15) is 31.4 Å². The molecule has 0 aliphatic heterocycles. The van der Waals surface area contributed by atoms with Crippen molar-refractivity contribution in [3.05, 3.63) is 79.8 Å². The number of ketones is 1. The first kappa shape index (κ1) is 26.0. The van der Waals surface area contributed by atoms with E-state index in [1.165, 1.54) is 0 Å². The van der Waals surface area contributed by atoms with Crippen molar-refractivity contribution in [1.82, 2.24) is 0 Å². The van der Waals surface area contributed by atoms with E-state index in [2.05, 4.69) is 0 Å². The van der Waals surface area contributed by atoms with Gasteiger partial charge in [-0.1, -0.05) is 77.6 Å². The molecular weight excluding hydrogens is 518 g/mol. The van der Waals surface area contributed by atoms with E-state index in [-0.39, 0.29) is 32.2 Å². The van der Waals surface area contributed by atoms with Gasteiger partial charge in [0.05, 0.1) is 43.4 Å². The average Bonchev–Trinajstić information content (AvgIpc) is 3.23. The number of carbonyl (C=O) groups is 1. The van der Waals surface area contributed by atoms with Gasteiger partial charge in [-0.25, -0.2) is 0 Å². The zero-order chi connectivity index (χ0) is 24.7. The van der Waals surface area contributed by atoms with Crippen LogP contribution < -0.4 is 0 Å². The van der Waals surface area contributed by atoms with Crippen LogP contribution in [0.3, 0.4) is 0 Å². The maximum Gasteiger partial charge on any atom is 0.151 e. The van der Waals surface area contributed by atoms with Crippen LogP contribution in [0.25, 0.3) is 0 Å². The standard InChI is InChI=1S/C26H26Cl4O4/c1-24(14-33-12-16-19(27)7-3-8-20(16)28)23(31)18-6-5-11-26(18,32)25(24,2)15-34-13-17-21(29)9-4-10-22(17)30/h3-10,18,32H,11-15H2,1-2H3/t18-,24+,25+,26+/m0/s1. The van der Waals surface area contributed by atoms with E-state index in [4.69, 9.17) is 55.9 Å². The van der Waals surface area contributed by atoms with Gasteiger partial charge in [-0.2, -0.15) is 0 Å². The van der Waals surface area contributed by atoms with Crippen LogP contribution in [0.4, 0.5) is 0 Å². The first-order valence-corrected chi connectivity index (χ1v) is 12.5. The Hall–Kier alpha value is -1.11. The van der Waals surface area contributed by atoms with Gasteiger partial charge in [-0.3, -0.25) is 4.79 Å². The molecule has 1 saturated carbocycles. The number of hydrogen-bond donors (Lipinski definition) is 1. The normalized spacial score (nSPS) is 30.2. The van der Waals surface area contributed by atoms with Gasteiger partial charge in [0, 0.05) is 36.6 Å². The lowest BCUT2D eigenvalue weighted by molar-refractivity contribution is -0.160. The Labute approximate surface area is 219 Å². The van der Waals surface area contributed by atoms with E-state index < -0.39 is 22.3 Å². The van der Waals surface area contributed by atoms with E-state index in [1.807, 2.05) is 19.9 Å². The molecule has 8 heteroatoms. The van der Waals surface area contributed by atoms with Crippen LogP contribution in [-0.2, 0) is 27.5 Å². The fourth-order valence-electron chi connectivity index (χ4n) is 5.21. The van der Waals surface area contributed by atoms with Gasteiger partial charge in [-0.05, 0) is 37.6 Å². The summed E-state index contributed by atoms with van der Waals surface area (Å²) in [5.41, 5.74) is -1.92. The lowest BCUT2D eigenvalue weighted by atomic mass is 9.62. The Balaban J connectivity index is 1.56. The minimum Gasteiger partial charge on any atom is -0.388 e. The molecule has 2 aliphatic rings. The van der Waals surface area contributed by atoms with E-state index >= 15 is 0 Å². The van der Waals surface area contributed by atoms with Crippen LogP contribution in [0.5, 0.6) is 0 Å². The van der Waals surface area contributed by atoms with Gasteiger partial charge >= 0.3 is 0 Å². The maximum atomic E-state index is 13.6. The Kier molecular flexibility index (Phi) is 7.44. The van der Waals surface area contributed by atoms with Gasteiger partial charge in [0.2, 0.25) is 0 Å². The molecule has 0 saturated heterocycles. The topological polar surface area (TPSA) is 55.8 Å². The van der Waals surface area contributed by atoms with Crippen molar-refractivity contribution < 1.29 is 19.4 Å². The second-order valence-corrected chi connectivity index (χ2v) is 11.1. The number of aliphatic hydroxyl groups is 1. The van der Waals surface area contributed by atoms with Crippen molar-refractivity contribution in [1.29, 1.82) is 0 Å². The first-order valence-electron chi connectivity index (χ1n) is 11.0. The zero-order valence-corrected chi connectivity index (χ0v) is 21.9. The third-order valence-corrected chi connectivity index (χ3v) is 9.09. The summed E-state index contributed by atoms with van der Waals surface area (Å²) in [4.78, 5) is 13.6. The molecule has 4 atom stereocenters. The van der Waals surface area contributed by atoms with Crippen molar-refractivity contribution in [3.8, 4) is 0 Å². The van der Waals surface area contributed by atoms with Crippen LogP contribution in [0.2, 0.25) is 20.1 Å². The predicted molar refractivity (Wildman–Crippen MR) is 136 cm³/mol. The molecule has 2 aromatic carbocycles. The Morgan fingerprint density at radius 3 is 1.85 bits per heavy atom. The number of hydrogen-bond acceptors (Lipinski definition) is 4. The zero-order valence-electron chi connectivity index (χ0n) is 18.9. The lowest BCUT2D eigenvalue weighted by Gasteiger charge is -2.46. The molecule has 4 nitrogen and oxygen atoms in total. The van der Waals surface area contributed by atoms with Crippen molar-refractivity contribution in [2.24, 2.45) is 16.7 Å². The van der Waals surface area contributed by atoms with Gasteiger partial charge in [0.15, 0.2) is 5.78 Å². The highest BCUT2D eigenvalue weighted by molar-refractivity contribution is 6.36. The number of ether oxygens (including phenoxy) is 2. The number of Topliss-reactive ketones (excluding diaryl/α,β-unsaturated/α-hetero) is 1. The number of benzene rings is 2. The summed E-state index contributed by atoms with van der Waals surface area (Å²) in [7, 11) is 0. The molecule has 0 spiro atoms. The molecule has 4 rings (SSSR count). The Bertz CT molecular complexity index is 1100. The summed E-state index contributed by atoms with van der Waals surface area (Å²) >= 11 is 25.1. The van der Waals surface area contributed by atoms with Crippen molar-refractivity contribution in [2.45, 2.75) is 39.1 Å². The fraction of sp³-hybridized carbons (Fsp3) is 0.423. The largest absolute Gasteiger partial charge is 0.388 e. The quantitative estimate of drug-likeness (QED) is 0.366. The summed E-state index contributed by atoms with van der Waals surface area (Å²) in [6.07, 6.45) is 4.01. The molecule has 0 radical (unpaired) electrons. The third-order valence-electron chi connectivity index (χ3n) is 7.67. The van der Waals surface area contributed by atoms with Crippen molar-refractivity contribution in [2.75, 3.05) is 13.2 Å². The minimum absolute atomic E-state index is 0.0733. The molecule has 0 amide bonds. The number of halogens is 4. The second-order valence-electron chi connectivity index (χ2n) is 9.45. The fourth-order valence-corrected chi connectivity index (χ4v) is 6.22. The van der Waals surface area contributed by atoms with Gasteiger partial charge in [0.25, 0.3) is 0 Å². The molecule has 1 fully saturated rings. The van der Waals surface area contributed by atoms with E-state index in [1.54, 1.807) is 42.5 Å². The Morgan fingerprint density at radius 2 is 1.35 bits per heavy atom. The summed E-state index contributed by atoms with van der Waals surface area (Å²) in [6.45, 7) is 4.21. The monoisotopic (exact) mass is 542 g/mol. The lowest BCUT2D eigenvalue weighted by Crippen LogP contribution is -2.54. The molecule has 2 aromatic rings. The average molecular weight is 544 g/mol. The molecule has 1 N–H and O–H groups in total. The summed E-state index contributed by atoms with van der Waals surface area (Å²) < 4.78 is 12.1. The molecule has 2 aliphatic carbocycles. The number of rotatable bonds is 8. The minimum atomic E-state index is -1.28. The maximum absolute atomic E-state index is 13.6. The molecule has 34 heavy (non-hydrogen) atoms. The molecule has 182 valence electrons. The molecule has 0 aromatic heterocycles. The highest BCUT2D eigenvalue weighted by Crippen LogP contribution is 2.62. The van der Waals surface area contributed by atoms with E-state index in [9.17, 15) is 9.90 Å². The molecular formula is C26H26Cl4O4. The number of carbonyl (C=O) groups excluding carboxylic acids is 1. The molecule has 0 heterocycles. The van der Waals surface area contributed by atoms with Crippen molar-refractivity contribution in [3.63, 3.8) is 0 Å². The number of fused-ring (bicyclic) bond motifs is 1. The molecule has 0 bridgehead atoms. The van der Waals surface area contributed by atoms with Gasteiger partial charge in [-0.15, -0.1) is 0 Å². The van der Waals surface area contributed by atoms with Crippen LogP contribution in [-0.4, -0.2) is 29.7 Å². The highest BCUT2D eigenvalue weighted by atomic mass is 35.5. The summed E-state index contributed by atoms with van der Waals surface area (Å²) in [6, 6.07) is 10.5. The Morgan fingerprint density at radius 1 is 0.882 bits per heavy atom. The SMILES string of the molecule is C[C@]1(COCc2c(Cl)cccc2Cl)[C@@]2(O)CC=C[C@H]2C(=O)[C@@]1(C)COCc1c(Cl)cccc1Cl. The third kappa shape index (κ3) is 4.12. The van der Waals surface area contributed by atoms with Gasteiger partial charge < -0.3 is 14.6 Å².